The first-order chi connectivity index (χ1) is 10.2. The second-order valence-corrected chi connectivity index (χ2v) is 5.12. The average molecular weight is 286 g/mol. The van der Waals surface area contributed by atoms with E-state index in [0.717, 1.165) is 18.0 Å². The molecule has 0 atom stereocenters. The van der Waals surface area contributed by atoms with Crippen molar-refractivity contribution in [2.75, 3.05) is 6.79 Å². The standard InChI is InChI=1S/C16H18N2O3/c1-11(2)17-9-12-4-3-5-16(18-12)21-13-6-7-14-15(8-13)20-10-19-14/h3-8,11,17H,9-10H2,1-2H3. The maximum Gasteiger partial charge on any atom is 0.231 e. The van der Waals surface area contributed by atoms with Gasteiger partial charge in [-0.2, -0.15) is 0 Å². The molecule has 1 N–H and O–H groups in total. The number of hydrogen-bond acceptors (Lipinski definition) is 5. The Kier molecular flexibility index (Phi) is 3.92. The molecule has 5 heteroatoms. The molecule has 1 aromatic carbocycles. The summed E-state index contributed by atoms with van der Waals surface area (Å²) >= 11 is 0. The van der Waals surface area contributed by atoms with Crippen molar-refractivity contribution in [2.24, 2.45) is 0 Å². The van der Waals surface area contributed by atoms with Crippen LogP contribution in [0.15, 0.2) is 36.4 Å². The molecule has 1 aliphatic heterocycles. The first-order valence-electron chi connectivity index (χ1n) is 6.97. The van der Waals surface area contributed by atoms with Crippen LogP contribution in [0, 0.1) is 0 Å². The number of benzene rings is 1. The van der Waals surface area contributed by atoms with Gasteiger partial charge in [0.25, 0.3) is 0 Å². The summed E-state index contributed by atoms with van der Waals surface area (Å²) in [6.45, 7) is 5.18. The molecule has 0 saturated heterocycles. The second-order valence-electron chi connectivity index (χ2n) is 5.12. The summed E-state index contributed by atoms with van der Waals surface area (Å²) in [5.74, 6) is 2.69. The molecular weight excluding hydrogens is 268 g/mol. The summed E-state index contributed by atoms with van der Waals surface area (Å²) in [6.07, 6.45) is 0. The minimum Gasteiger partial charge on any atom is -0.454 e. The van der Waals surface area contributed by atoms with Crippen LogP contribution in [-0.2, 0) is 6.54 Å². The van der Waals surface area contributed by atoms with Gasteiger partial charge in [-0.3, -0.25) is 0 Å². The Morgan fingerprint density at radius 3 is 2.90 bits per heavy atom. The molecule has 0 saturated carbocycles. The van der Waals surface area contributed by atoms with Crippen LogP contribution in [0.3, 0.4) is 0 Å². The maximum atomic E-state index is 5.78. The number of ether oxygens (including phenoxy) is 3. The van der Waals surface area contributed by atoms with E-state index in [2.05, 4.69) is 24.1 Å². The molecule has 0 radical (unpaired) electrons. The van der Waals surface area contributed by atoms with E-state index >= 15 is 0 Å². The first-order valence-corrected chi connectivity index (χ1v) is 6.97. The van der Waals surface area contributed by atoms with Crippen molar-refractivity contribution >= 4 is 0 Å². The Morgan fingerprint density at radius 1 is 1.19 bits per heavy atom. The lowest BCUT2D eigenvalue weighted by Gasteiger charge is -2.09. The van der Waals surface area contributed by atoms with Gasteiger partial charge in [-0.1, -0.05) is 19.9 Å². The minimum absolute atomic E-state index is 0.257. The van der Waals surface area contributed by atoms with Crippen LogP contribution in [0.25, 0.3) is 0 Å². The van der Waals surface area contributed by atoms with E-state index in [-0.39, 0.29) is 6.79 Å². The fourth-order valence-electron chi connectivity index (χ4n) is 1.98. The fraction of sp³-hybridized carbons (Fsp3) is 0.312. The van der Waals surface area contributed by atoms with E-state index in [1.165, 1.54) is 0 Å². The summed E-state index contributed by atoms with van der Waals surface area (Å²) in [5.41, 5.74) is 0.946. The van der Waals surface area contributed by atoms with Crippen LogP contribution >= 0.6 is 0 Å². The van der Waals surface area contributed by atoms with Gasteiger partial charge in [0, 0.05) is 24.7 Å². The lowest BCUT2D eigenvalue weighted by molar-refractivity contribution is 0.174. The van der Waals surface area contributed by atoms with Gasteiger partial charge in [-0.05, 0) is 18.2 Å². The highest BCUT2D eigenvalue weighted by Crippen LogP contribution is 2.36. The van der Waals surface area contributed by atoms with Crippen molar-refractivity contribution in [3.63, 3.8) is 0 Å². The zero-order valence-electron chi connectivity index (χ0n) is 12.1. The monoisotopic (exact) mass is 286 g/mol. The molecule has 0 amide bonds. The summed E-state index contributed by atoms with van der Waals surface area (Å²) in [6, 6.07) is 11.7. The van der Waals surface area contributed by atoms with E-state index in [1.54, 1.807) is 0 Å². The molecule has 21 heavy (non-hydrogen) atoms. The van der Waals surface area contributed by atoms with Gasteiger partial charge in [0.2, 0.25) is 12.7 Å². The van der Waals surface area contributed by atoms with E-state index in [4.69, 9.17) is 14.2 Å². The highest BCUT2D eigenvalue weighted by molar-refractivity contribution is 5.47. The molecule has 0 aliphatic carbocycles. The third-order valence-corrected chi connectivity index (χ3v) is 3.04. The molecule has 1 aliphatic rings. The molecule has 5 nitrogen and oxygen atoms in total. The molecule has 0 unspecified atom stereocenters. The topological polar surface area (TPSA) is 52.6 Å². The van der Waals surface area contributed by atoms with Crippen LogP contribution in [0.2, 0.25) is 0 Å². The maximum absolute atomic E-state index is 5.78. The van der Waals surface area contributed by atoms with Gasteiger partial charge in [0.1, 0.15) is 5.75 Å². The van der Waals surface area contributed by atoms with Crippen LogP contribution in [0.1, 0.15) is 19.5 Å². The van der Waals surface area contributed by atoms with Crippen LogP contribution < -0.4 is 19.5 Å². The average Bonchev–Trinajstić information content (AvgIpc) is 2.93. The van der Waals surface area contributed by atoms with Crippen molar-refractivity contribution in [1.82, 2.24) is 10.3 Å². The fourth-order valence-corrected chi connectivity index (χ4v) is 1.98. The van der Waals surface area contributed by atoms with E-state index in [1.807, 2.05) is 36.4 Å². The number of hydrogen-bond donors (Lipinski definition) is 1. The van der Waals surface area contributed by atoms with Crippen molar-refractivity contribution in [2.45, 2.75) is 26.4 Å². The number of fused-ring (bicyclic) bond motifs is 1. The smallest absolute Gasteiger partial charge is 0.231 e. The minimum atomic E-state index is 0.257. The second kappa shape index (κ2) is 6.01. The van der Waals surface area contributed by atoms with Crippen molar-refractivity contribution < 1.29 is 14.2 Å². The Bertz CT molecular complexity index is 629. The van der Waals surface area contributed by atoms with E-state index < -0.39 is 0 Å². The largest absolute Gasteiger partial charge is 0.454 e. The third kappa shape index (κ3) is 3.44. The van der Waals surface area contributed by atoms with E-state index in [0.29, 0.717) is 23.4 Å². The van der Waals surface area contributed by atoms with Gasteiger partial charge in [-0.25, -0.2) is 4.98 Å². The van der Waals surface area contributed by atoms with Crippen LogP contribution in [-0.4, -0.2) is 17.8 Å². The lowest BCUT2D eigenvalue weighted by atomic mass is 10.3. The predicted octanol–water partition coefficient (Wildman–Crippen LogP) is 3.10. The van der Waals surface area contributed by atoms with Crippen LogP contribution in [0.5, 0.6) is 23.1 Å². The van der Waals surface area contributed by atoms with E-state index in [9.17, 15) is 0 Å². The SMILES string of the molecule is CC(C)NCc1cccc(Oc2ccc3c(c2)OCO3)n1. The van der Waals surface area contributed by atoms with Gasteiger partial charge in [-0.15, -0.1) is 0 Å². The Labute approximate surface area is 123 Å². The van der Waals surface area contributed by atoms with Crippen LogP contribution in [0.4, 0.5) is 0 Å². The number of pyridine rings is 1. The third-order valence-electron chi connectivity index (χ3n) is 3.04. The quantitative estimate of drug-likeness (QED) is 0.915. The molecular formula is C16H18N2O3. The lowest BCUT2D eigenvalue weighted by Crippen LogP contribution is -2.22. The highest BCUT2D eigenvalue weighted by atomic mass is 16.7. The predicted molar refractivity (Wildman–Crippen MR) is 78.9 cm³/mol. The van der Waals surface area contributed by atoms with Crippen molar-refractivity contribution in [1.29, 1.82) is 0 Å². The summed E-state index contributed by atoms with van der Waals surface area (Å²) < 4.78 is 16.4. The molecule has 1 aromatic heterocycles. The van der Waals surface area contributed by atoms with Gasteiger partial charge in [0.05, 0.1) is 5.69 Å². The van der Waals surface area contributed by atoms with Gasteiger partial charge in [0.15, 0.2) is 11.5 Å². The molecule has 3 rings (SSSR count). The summed E-state index contributed by atoms with van der Waals surface area (Å²) in [7, 11) is 0. The summed E-state index contributed by atoms with van der Waals surface area (Å²) in [4.78, 5) is 4.48. The Balaban J connectivity index is 1.71. The molecule has 0 fully saturated rings. The number of nitrogens with one attached hydrogen (secondary N) is 1. The number of nitrogens with zero attached hydrogens (tertiary/aromatic N) is 1. The molecule has 0 bridgehead atoms. The normalized spacial score (nSPS) is 12.7. The zero-order valence-corrected chi connectivity index (χ0v) is 12.1. The molecule has 2 heterocycles. The molecule has 2 aromatic rings. The van der Waals surface area contributed by atoms with Crippen molar-refractivity contribution in [3.8, 4) is 23.1 Å². The number of rotatable bonds is 5. The molecule has 110 valence electrons. The van der Waals surface area contributed by atoms with Gasteiger partial charge >= 0.3 is 0 Å². The number of aromatic nitrogens is 1. The summed E-state index contributed by atoms with van der Waals surface area (Å²) in [5, 5.41) is 3.33. The Hall–Kier alpha value is -2.27. The van der Waals surface area contributed by atoms with Crippen molar-refractivity contribution in [3.05, 3.63) is 42.1 Å². The highest BCUT2D eigenvalue weighted by Gasteiger charge is 2.14. The van der Waals surface area contributed by atoms with Gasteiger partial charge < -0.3 is 19.5 Å². The molecule has 0 spiro atoms. The first kappa shape index (κ1) is 13.7. The Morgan fingerprint density at radius 2 is 2.05 bits per heavy atom. The zero-order chi connectivity index (χ0) is 14.7.